The lowest BCUT2D eigenvalue weighted by Crippen LogP contribution is -2.43. The number of likely N-dealkylation sites (tertiary alicyclic amines) is 1. The summed E-state index contributed by atoms with van der Waals surface area (Å²) < 4.78 is 1.84. The van der Waals surface area contributed by atoms with Gasteiger partial charge in [-0.05, 0) is 44.2 Å². The van der Waals surface area contributed by atoms with Crippen LogP contribution in [0.15, 0.2) is 12.4 Å². The van der Waals surface area contributed by atoms with Crippen LogP contribution >= 0.6 is 0 Å². The Bertz CT molecular complexity index is 423. The van der Waals surface area contributed by atoms with Crippen LogP contribution in [0.5, 0.6) is 0 Å². The molecule has 1 aromatic heterocycles. The highest BCUT2D eigenvalue weighted by molar-refractivity contribution is 5.10. The van der Waals surface area contributed by atoms with Gasteiger partial charge in [0, 0.05) is 31.4 Å². The highest BCUT2D eigenvalue weighted by atomic mass is 15.2. The molecule has 3 rings (SSSR count). The van der Waals surface area contributed by atoms with E-state index in [2.05, 4.69) is 10.00 Å². The predicted octanol–water partition coefficient (Wildman–Crippen LogP) is 2.47. The number of hydrogen-bond donors (Lipinski definition) is 1. The van der Waals surface area contributed by atoms with E-state index in [1.165, 1.54) is 58.0 Å². The SMILES string of the molecule is Cn1cc(C(N)CN2CCC3(CCCCC3)CC2)cn1. The highest BCUT2D eigenvalue weighted by Gasteiger charge is 2.35. The number of hydrogen-bond acceptors (Lipinski definition) is 3. The summed E-state index contributed by atoms with van der Waals surface area (Å²) in [6.07, 6.45) is 14.0. The van der Waals surface area contributed by atoms with Crippen molar-refractivity contribution >= 4 is 0 Å². The Hall–Kier alpha value is -0.870. The predicted molar refractivity (Wildman–Crippen MR) is 81.3 cm³/mol. The first kappa shape index (κ1) is 14.1. The van der Waals surface area contributed by atoms with E-state index in [0.717, 1.165) is 12.1 Å². The summed E-state index contributed by atoms with van der Waals surface area (Å²) in [6.45, 7) is 3.43. The lowest BCUT2D eigenvalue weighted by Gasteiger charge is -2.44. The molecule has 2 N–H and O–H groups in total. The van der Waals surface area contributed by atoms with E-state index in [1.807, 2.05) is 24.1 Å². The zero-order chi connectivity index (χ0) is 14.0. The smallest absolute Gasteiger partial charge is 0.0537 e. The van der Waals surface area contributed by atoms with Crippen molar-refractivity contribution in [2.45, 2.75) is 51.0 Å². The quantitative estimate of drug-likeness (QED) is 0.922. The minimum absolute atomic E-state index is 0.101. The fourth-order valence-electron chi connectivity index (χ4n) is 4.03. The van der Waals surface area contributed by atoms with Gasteiger partial charge in [0.15, 0.2) is 0 Å². The molecule has 4 nitrogen and oxygen atoms in total. The van der Waals surface area contributed by atoms with Crippen molar-refractivity contribution in [2.24, 2.45) is 18.2 Å². The van der Waals surface area contributed by atoms with Gasteiger partial charge in [-0.1, -0.05) is 19.3 Å². The summed E-state index contributed by atoms with van der Waals surface area (Å²) in [5.74, 6) is 0. The normalized spacial score (nSPS) is 24.9. The fourth-order valence-corrected chi connectivity index (χ4v) is 4.03. The van der Waals surface area contributed by atoms with E-state index >= 15 is 0 Å². The van der Waals surface area contributed by atoms with Crippen molar-refractivity contribution in [3.8, 4) is 0 Å². The molecule has 0 amide bonds. The first-order valence-electron chi connectivity index (χ1n) is 8.13. The number of nitrogens with zero attached hydrogens (tertiary/aromatic N) is 3. The summed E-state index contributed by atoms with van der Waals surface area (Å²) in [5.41, 5.74) is 8.16. The molecule has 2 aliphatic rings. The maximum atomic E-state index is 6.31. The molecular formula is C16H28N4. The third kappa shape index (κ3) is 3.07. The number of nitrogens with two attached hydrogens (primary N) is 1. The first-order chi connectivity index (χ1) is 9.67. The van der Waals surface area contributed by atoms with E-state index in [9.17, 15) is 0 Å². The van der Waals surface area contributed by atoms with Gasteiger partial charge in [-0.2, -0.15) is 5.10 Å². The van der Waals surface area contributed by atoms with Crippen molar-refractivity contribution in [1.82, 2.24) is 14.7 Å². The van der Waals surface area contributed by atoms with Crippen LogP contribution in [0.4, 0.5) is 0 Å². The largest absolute Gasteiger partial charge is 0.323 e. The summed E-state index contributed by atoms with van der Waals surface area (Å²) in [6, 6.07) is 0.101. The summed E-state index contributed by atoms with van der Waals surface area (Å²) in [5, 5.41) is 4.22. The minimum atomic E-state index is 0.101. The monoisotopic (exact) mass is 276 g/mol. The molecule has 1 saturated carbocycles. The van der Waals surface area contributed by atoms with Gasteiger partial charge < -0.3 is 10.6 Å². The number of rotatable bonds is 3. The van der Waals surface area contributed by atoms with Crippen molar-refractivity contribution in [2.75, 3.05) is 19.6 Å². The minimum Gasteiger partial charge on any atom is -0.323 e. The van der Waals surface area contributed by atoms with Gasteiger partial charge >= 0.3 is 0 Å². The Morgan fingerprint density at radius 2 is 1.90 bits per heavy atom. The Kier molecular flexibility index (Phi) is 4.13. The Morgan fingerprint density at radius 3 is 2.50 bits per heavy atom. The maximum Gasteiger partial charge on any atom is 0.0537 e. The average molecular weight is 276 g/mol. The van der Waals surface area contributed by atoms with Crippen LogP contribution < -0.4 is 5.73 Å². The molecule has 20 heavy (non-hydrogen) atoms. The third-order valence-electron chi connectivity index (χ3n) is 5.44. The second-order valence-electron chi connectivity index (χ2n) is 6.92. The standard InChI is InChI=1S/C16H28N4/c1-19-12-14(11-18-19)15(17)13-20-9-7-16(8-10-20)5-3-2-4-6-16/h11-12,15H,2-10,13,17H2,1H3. The molecule has 1 unspecified atom stereocenters. The maximum absolute atomic E-state index is 6.31. The molecule has 1 saturated heterocycles. The Labute approximate surface area is 122 Å². The van der Waals surface area contributed by atoms with Crippen LogP contribution in [0.3, 0.4) is 0 Å². The van der Waals surface area contributed by atoms with Crippen molar-refractivity contribution in [3.05, 3.63) is 18.0 Å². The molecule has 1 aromatic rings. The second-order valence-corrected chi connectivity index (χ2v) is 6.92. The third-order valence-corrected chi connectivity index (χ3v) is 5.44. The van der Waals surface area contributed by atoms with E-state index in [0.29, 0.717) is 5.41 Å². The summed E-state index contributed by atoms with van der Waals surface area (Å²) in [7, 11) is 1.95. The Balaban J connectivity index is 1.51. The number of piperidine rings is 1. The van der Waals surface area contributed by atoms with Gasteiger partial charge in [0.2, 0.25) is 0 Å². The van der Waals surface area contributed by atoms with Crippen LogP contribution in [0.1, 0.15) is 56.6 Å². The molecular weight excluding hydrogens is 248 g/mol. The van der Waals surface area contributed by atoms with Gasteiger partial charge in [0.1, 0.15) is 0 Å². The molecule has 1 spiro atoms. The van der Waals surface area contributed by atoms with Crippen LogP contribution in [0, 0.1) is 5.41 Å². The molecule has 112 valence electrons. The van der Waals surface area contributed by atoms with Crippen LogP contribution in [0.2, 0.25) is 0 Å². The molecule has 4 heteroatoms. The first-order valence-corrected chi connectivity index (χ1v) is 8.13. The molecule has 1 aliphatic heterocycles. The highest BCUT2D eigenvalue weighted by Crippen LogP contribution is 2.44. The number of aromatic nitrogens is 2. The molecule has 2 fully saturated rings. The molecule has 2 heterocycles. The van der Waals surface area contributed by atoms with Gasteiger partial charge in [0.05, 0.1) is 6.20 Å². The Morgan fingerprint density at radius 1 is 1.20 bits per heavy atom. The van der Waals surface area contributed by atoms with Crippen molar-refractivity contribution < 1.29 is 0 Å². The zero-order valence-electron chi connectivity index (χ0n) is 12.7. The van der Waals surface area contributed by atoms with Gasteiger partial charge in [-0.15, -0.1) is 0 Å². The van der Waals surface area contributed by atoms with Crippen LogP contribution in [0.25, 0.3) is 0 Å². The van der Waals surface area contributed by atoms with Crippen molar-refractivity contribution in [1.29, 1.82) is 0 Å². The molecule has 0 aromatic carbocycles. The van der Waals surface area contributed by atoms with E-state index < -0.39 is 0 Å². The molecule has 0 radical (unpaired) electrons. The lowest BCUT2D eigenvalue weighted by atomic mass is 9.68. The van der Waals surface area contributed by atoms with Crippen molar-refractivity contribution in [3.63, 3.8) is 0 Å². The van der Waals surface area contributed by atoms with Crippen LogP contribution in [-0.2, 0) is 7.05 Å². The zero-order valence-corrected chi connectivity index (χ0v) is 12.7. The second kappa shape index (κ2) is 5.86. The average Bonchev–Trinajstić information content (AvgIpc) is 2.89. The summed E-state index contributed by atoms with van der Waals surface area (Å²) in [4.78, 5) is 2.55. The molecule has 1 atom stereocenters. The van der Waals surface area contributed by atoms with Gasteiger partial charge in [-0.25, -0.2) is 0 Å². The lowest BCUT2D eigenvalue weighted by molar-refractivity contribution is 0.0649. The number of aryl methyl sites for hydroxylation is 1. The van der Waals surface area contributed by atoms with E-state index in [-0.39, 0.29) is 6.04 Å². The fraction of sp³-hybridized carbons (Fsp3) is 0.812. The van der Waals surface area contributed by atoms with E-state index in [4.69, 9.17) is 5.73 Å². The summed E-state index contributed by atoms with van der Waals surface area (Å²) >= 11 is 0. The van der Waals surface area contributed by atoms with Gasteiger partial charge in [-0.3, -0.25) is 4.68 Å². The topological polar surface area (TPSA) is 47.1 Å². The molecule has 0 bridgehead atoms. The van der Waals surface area contributed by atoms with Crippen LogP contribution in [-0.4, -0.2) is 34.3 Å². The van der Waals surface area contributed by atoms with E-state index in [1.54, 1.807) is 0 Å². The molecule has 1 aliphatic carbocycles. The van der Waals surface area contributed by atoms with Gasteiger partial charge in [0.25, 0.3) is 0 Å².